The summed E-state index contributed by atoms with van der Waals surface area (Å²) < 4.78 is 19.1. The van der Waals surface area contributed by atoms with Gasteiger partial charge in [0.1, 0.15) is 5.82 Å². The molecule has 0 saturated heterocycles. The number of oxime groups is 1. The van der Waals surface area contributed by atoms with Crippen molar-refractivity contribution >= 4 is 11.5 Å². The molecular formula is C13H20FN3O2. The predicted molar refractivity (Wildman–Crippen MR) is 73.3 cm³/mol. The Labute approximate surface area is 112 Å². The first-order valence-corrected chi connectivity index (χ1v) is 6.24. The molecule has 6 heteroatoms. The number of rotatable bonds is 7. The molecule has 0 bridgehead atoms. The number of amidine groups is 1. The fourth-order valence-electron chi connectivity index (χ4n) is 1.85. The summed E-state index contributed by atoms with van der Waals surface area (Å²) in [5, 5.41) is 11.6. The van der Waals surface area contributed by atoms with Gasteiger partial charge in [-0.3, -0.25) is 0 Å². The van der Waals surface area contributed by atoms with Crippen LogP contribution >= 0.6 is 0 Å². The molecule has 0 aliphatic carbocycles. The molecule has 1 rings (SSSR count). The summed E-state index contributed by atoms with van der Waals surface area (Å²) >= 11 is 0. The first-order valence-electron chi connectivity index (χ1n) is 6.24. The van der Waals surface area contributed by atoms with E-state index in [4.69, 9.17) is 15.7 Å². The number of halogens is 1. The van der Waals surface area contributed by atoms with Crippen LogP contribution in [0.4, 0.5) is 10.1 Å². The lowest BCUT2D eigenvalue weighted by Gasteiger charge is -2.25. The Morgan fingerprint density at radius 2 is 2.21 bits per heavy atom. The summed E-state index contributed by atoms with van der Waals surface area (Å²) in [5.74, 6) is -0.745. The molecule has 0 aliphatic rings. The molecule has 3 N–H and O–H groups in total. The maximum absolute atomic E-state index is 13.8. The number of benzene rings is 1. The molecule has 0 saturated carbocycles. The lowest BCUT2D eigenvalue weighted by molar-refractivity contribution is 0.154. The van der Waals surface area contributed by atoms with E-state index in [0.29, 0.717) is 32.0 Å². The number of anilines is 1. The predicted octanol–water partition coefficient (Wildman–Crippen LogP) is 1.78. The Balaban J connectivity index is 3.06. The Kier molecular flexibility index (Phi) is 6.08. The van der Waals surface area contributed by atoms with Crippen LogP contribution in [0.5, 0.6) is 0 Å². The van der Waals surface area contributed by atoms with E-state index in [1.165, 1.54) is 6.07 Å². The molecule has 0 aliphatic heterocycles. The minimum absolute atomic E-state index is 0.114. The summed E-state index contributed by atoms with van der Waals surface area (Å²) in [7, 11) is 0. The summed E-state index contributed by atoms with van der Waals surface area (Å²) in [5.41, 5.74) is 6.25. The first-order chi connectivity index (χ1) is 9.15. The monoisotopic (exact) mass is 269 g/mol. The van der Waals surface area contributed by atoms with Crippen molar-refractivity contribution in [3.8, 4) is 0 Å². The van der Waals surface area contributed by atoms with Crippen molar-refractivity contribution in [2.45, 2.75) is 13.8 Å². The van der Waals surface area contributed by atoms with Crippen LogP contribution in [0.15, 0.2) is 23.4 Å². The van der Waals surface area contributed by atoms with Gasteiger partial charge in [0.25, 0.3) is 0 Å². The van der Waals surface area contributed by atoms with Gasteiger partial charge in [-0.2, -0.15) is 0 Å². The molecule has 0 spiro atoms. The van der Waals surface area contributed by atoms with Crippen LogP contribution in [0, 0.1) is 5.82 Å². The van der Waals surface area contributed by atoms with Gasteiger partial charge in [0.05, 0.1) is 17.9 Å². The van der Waals surface area contributed by atoms with Crippen LogP contribution in [-0.4, -0.2) is 37.3 Å². The number of hydrogen-bond acceptors (Lipinski definition) is 4. The minimum atomic E-state index is -0.511. The van der Waals surface area contributed by atoms with Gasteiger partial charge in [-0.05, 0) is 26.0 Å². The minimum Gasteiger partial charge on any atom is -0.409 e. The highest BCUT2D eigenvalue weighted by Crippen LogP contribution is 2.23. The number of nitrogens with zero attached hydrogens (tertiary/aromatic N) is 2. The van der Waals surface area contributed by atoms with Gasteiger partial charge in [0.15, 0.2) is 5.84 Å². The third-order valence-electron chi connectivity index (χ3n) is 2.79. The quantitative estimate of drug-likeness (QED) is 0.260. The van der Waals surface area contributed by atoms with Crippen LogP contribution in [0.3, 0.4) is 0 Å². The lowest BCUT2D eigenvalue weighted by Crippen LogP contribution is -2.30. The number of nitrogens with two attached hydrogens (primary N) is 1. The second-order valence-corrected chi connectivity index (χ2v) is 3.90. The highest BCUT2D eigenvalue weighted by Gasteiger charge is 2.17. The topological polar surface area (TPSA) is 71.1 Å². The summed E-state index contributed by atoms with van der Waals surface area (Å²) in [6.45, 7) is 6.32. The number of hydrogen-bond donors (Lipinski definition) is 2. The highest BCUT2D eigenvalue weighted by atomic mass is 19.1. The molecule has 0 radical (unpaired) electrons. The molecule has 0 aromatic heterocycles. The molecule has 1 aromatic rings. The van der Waals surface area contributed by atoms with Crippen molar-refractivity contribution in [2.75, 3.05) is 31.2 Å². The van der Waals surface area contributed by atoms with Gasteiger partial charge in [-0.25, -0.2) is 4.39 Å². The highest BCUT2D eigenvalue weighted by molar-refractivity contribution is 6.02. The van der Waals surface area contributed by atoms with Crippen molar-refractivity contribution in [1.29, 1.82) is 0 Å². The summed E-state index contributed by atoms with van der Waals surface area (Å²) in [6.07, 6.45) is 0. The normalized spacial score (nSPS) is 11.6. The lowest BCUT2D eigenvalue weighted by atomic mass is 10.1. The van der Waals surface area contributed by atoms with Gasteiger partial charge < -0.3 is 20.6 Å². The standard InChI is InChI=1S/C13H20FN3O2/c1-3-17(8-9-19-4-2)11-7-5-6-10(14)12(11)13(15)16-18/h5-7,18H,3-4,8-9H2,1-2H3,(H2,15,16). The molecule has 106 valence electrons. The average molecular weight is 269 g/mol. The van der Waals surface area contributed by atoms with E-state index >= 15 is 0 Å². The van der Waals surface area contributed by atoms with Gasteiger partial charge in [-0.1, -0.05) is 11.2 Å². The smallest absolute Gasteiger partial charge is 0.175 e. The molecule has 5 nitrogen and oxygen atoms in total. The zero-order valence-corrected chi connectivity index (χ0v) is 11.3. The Hall–Kier alpha value is -1.82. The maximum Gasteiger partial charge on any atom is 0.175 e. The van der Waals surface area contributed by atoms with Gasteiger partial charge >= 0.3 is 0 Å². The zero-order chi connectivity index (χ0) is 14.3. The van der Waals surface area contributed by atoms with Crippen LogP contribution in [-0.2, 0) is 4.74 Å². The van der Waals surface area contributed by atoms with Crippen LogP contribution < -0.4 is 10.6 Å². The summed E-state index contributed by atoms with van der Waals surface area (Å²) in [6, 6.07) is 4.63. The van der Waals surface area contributed by atoms with Crippen molar-refractivity contribution in [3.63, 3.8) is 0 Å². The molecule has 0 heterocycles. The van der Waals surface area contributed by atoms with Crippen LogP contribution in [0.2, 0.25) is 0 Å². The van der Waals surface area contributed by atoms with Crippen molar-refractivity contribution in [2.24, 2.45) is 10.9 Å². The summed E-state index contributed by atoms with van der Waals surface area (Å²) in [4.78, 5) is 1.92. The molecule has 19 heavy (non-hydrogen) atoms. The van der Waals surface area contributed by atoms with E-state index in [1.807, 2.05) is 18.7 Å². The largest absolute Gasteiger partial charge is 0.409 e. The third-order valence-corrected chi connectivity index (χ3v) is 2.79. The third kappa shape index (κ3) is 3.82. The van der Waals surface area contributed by atoms with E-state index < -0.39 is 5.82 Å². The van der Waals surface area contributed by atoms with Gasteiger partial charge in [-0.15, -0.1) is 0 Å². The Morgan fingerprint density at radius 1 is 1.47 bits per heavy atom. The second-order valence-electron chi connectivity index (χ2n) is 3.90. The van der Waals surface area contributed by atoms with Crippen molar-refractivity contribution < 1.29 is 14.3 Å². The van der Waals surface area contributed by atoms with E-state index in [0.717, 1.165) is 0 Å². The van der Waals surface area contributed by atoms with Crippen molar-refractivity contribution in [3.05, 3.63) is 29.6 Å². The maximum atomic E-state index is 13.8. The average Bonchev–Trinajstić information content (AvgIpc) is 2.43. The zero-order valence-electron chi connectivity index (χ0n) is 11.3. The van der Waals surface area contributed by atoms with Gasteiger partial charge in [0.2, 0.25) is 0 Å². The number of ether oxygens (including phenoxy) is 1. The molecular weight excluding hydrogens is 249 g/mol. The molecule has 0 atom stereocenters. The first kappa shape index (κ1) is 15.2. The Bertz CT molecular complexity index is 438. The van der Waals surface area contributed by atoms with Crippen LogP contribution in [0.1, 0.15) is 19.4 Å². The van der Waals surface area contributed by atoms with Gasteiger partial charge in [0, 0.05) is 19.7 Å². The van der Waals surface area contributed by atoms with E-state index in [1.54, 1.807) is 12.1 Å². The van der Waals surface area contributed by atoms with E-state index in [2.05, 4.69) is 5.16 Å². The Morgan fingerprint density at radius 3 is 2.79 bits per heavy atom. The molecule has 0 amide bonds. The second kappa shape index (κ2) is 7.58. The fraction of sp³-hybridized carbons (Fsp3) is 0.462. The molecule has 0 unspecified atom stereocenters. The van der Waals surface area contributed by atoms with Crippen molar-refractivity contribution in [1.82, 2.24) is 0 Å². The number of likely N-dealkylation sites (N-methyl/N-ethyl adjacent to an activating group) is 1. The molecule has 0 fully saturated rings. The SMILES string of the molecule is CCOCCN(CC)c1cccc(F)c1C(N)=NO. The van der Waals surface area contributed by atoms with E-state index in [9.17, 15) is 4.39 Å². The fourth-order valence-corrected chi connectivity index (χ4v) is 1.85. The van der Waals surface area contributed by atoms with E-state index in [-0.39, 0.29) is 11.4 Å². The molecule has 1 aromatic carbocycles. The van der Waals surface area contributed by atoms with Crippen LogP contribution in [0.25, 0.3) is 0 Å².